The zero-order valence-electron chi connectivity index (χ0n) is 9.94. The minimum absolute atomic E-state index is 0.0579. The normalized spacial score (nSPS) is 12.5. The van der Waals surface area contributed by atoms with Crippen molar-refractivity contribution in [2.24, 2.45) is 0 Å². The third kappa shape index (κ3) is 1.51. The fourth-order valence-corrected chi connectivity index (χ4v) is 3.06. The molecule has 1 aliphatic carbocycles. The molecule has 0 spiro atoms. The molecule has 3 heteroatoms. The quantitative estimate of drug-likeness (QED) is 0.489. The van der Waals surface area contributed by atoms with Crippen molar-refractivity contribution in [1.82, 2.24) is 0 Å². The molecule has 0 saturated heterocycles. The number of rotatable bonds is 0. The molecule has 3 aromatic rings. The first-order valence-corrected chi connectivity index (χ1v) is 6.87. The highest BCUT2D eigenvalue weighted by Crippen LogP contribution is 2.35. The second-order valence-electron chi connectivity index (χ2n) is 4.70. The maximum atomic E-state index is 12.7. The van der Waals surface area contributed by atoms with Crippen LogP contribution in [0.5, 0.6) is 0 Å². The third-order valence-electron chi connectivity index (χ3n) is 3.56. The summed E-state index contributed by atoms with van der Waals surface area (Å²) in [6.07, 6.45) is 0.701. The van der Waals surface area contributed by atoms with E-state index in [1.165, 1.54) is 0 Å². The summed E-state index contributed by atoms with van der Waals surface area (Å²) < 4.78 is 6.79. The van der Waals surface area contributed by atoms with E-state index in [4.69, 9.17) is 4.42 Å². The Hall–Kier alpha value is -1.87. The average Bonchev–Trinajstić information content (AvgIpc) is 2.78. The van der Waals surface area contributed by atoms with Gasteiger partial charge in [-0.3, -0.25) is 4.79 Å². The molecule has 0 bridgehead atoms. The van der Waals surface area contributed by atoms with Gasteiger partial charge in [-0.25, -0.2) is 0 Å². The fourth-order valence-electron chi connectivity index (χ4n) is 2.70. The highest BCUT2D eigenvalue weighted by atomic mass is 79.9. The van der Waals surface area contributed by atoms with Crippen LogP contribution in [0.4, 0.5) is 0 Å². The SMILES string of the molecule is O=c1c2c(oc3ccc(Br)cc13)Cc1ccccc1-2. The molecule has 1 aromatic heterocycles. The molecule has 92 valence electrons. The Bertz CT molecular complexity index is 878. The van der Waals surface area contributed by atoms with E-state index in [1.54, 1.807) is 0 Å². The summed E-state index contributed by atoms with van der Waals surface area (Å²) >= 11 is 3.40. The number of halogens is 1. The van der Waals surface area contributed by atoms with Crippen LogP contribution in [0.3, 0.4) is 0 Å². The van der Waals surface area contributed by atoms with E-state index in [-0.39, 0.29) is 5.43 Å². The van der Waals surface area contributed by atoms with Crippen LogP contribution in [0, 0.1) is 0 Å². The predicted octanol–water partition coefficient (Wildman–Crippen LogP) is 4.13. The second-order valence-corrected chi connectivity index (χ2v) is 5.62. The first-order valence-electron chi connectivity index (χ1n) is 6.07. The summed E-state index contributed by atoms with van der Waals surface area (Å²) in [7, 11) is 0. The molecule has 0 N–H and O–H groups in total. The summed E-state index contributed by atoms with van der Waals surface area (Å²) in [4.78, 5) is 12.7. The van der Waals surface area contributed by atoms with Crippen LogP contribution in [0.2, 0.25) is 0 Å². The van der Waals surface area contributed by atoms with Crippen LogP contribution in [0.1, 0.15) is 11.3 Å². The topological polar surface area (TPSA) is 30.2 Å². The van der Waals surface area contributed by atoms with Gasteiger partial charge in [-0.1, -0.05) is 40.2 Å². The maximum absolute atomic E-state index is 12.7. The molecule has 1 heterocycles. The Labute approximate surface area is 117 Å². The zero-order chi connectivity index (χ0) is 13.0. The van der Waals surface area contributed by atoms with E-state index in [0.29, 0.717) is 17.4 Å². The zero-order valence-corrected chi connectivity index (χ0v) is 11.5. The van der Waals surface area contributed by atoms with Crippen molar-refractivity contribution < 1.29 is 4.42 Å². The van der Waals surface area contributed by atoms with E-state index in [9.17, 15) is 4.79 Å². The van der Waals surface area contributed by atoms with Gasteiger partial charge in [0.25, 0.3) is 0 Å². The molecule has 0 aliphatic heterocycles. The fraction of sp³-hybridized carbons (Fsp3) is 0.0625. The van der Waals surface area contributed by atoms with Crippen LogP contribution < -0.4 is 5.43 Å². The van der Waals surface area contributed by atoms with Gasteiger partial charge >= 0.3 is 0 Å². The van der Waals surface area contributed by atoms with E-state index < -0.39 is 0 Å². The van der Waals surface area contributed by atoms with Crippen molar-refractivity contribution in [2.75, 3.05) is 0 Å². The predicted molar refractivity (Wildman–Crippen MR) is 78.4 cm³/mol. The molecule has 0 radical (unpaired) electrons. The highest BCUT2D eigenvalue weighted by molar-refractivity contribution is 9.10. The summed E-state index contributed by atoms with van der Waals surface area (Å²) in [5.41, 5.74) is 3.60. The molecule has 0 fully saturated rings. The number of benzene rings is 2. The third-order valence-corrected chi connectivity index (χ3v) is 4.06. The Morgan fingerprint density at radius 2 is 1.95 bits per heavy atom. The van der Waals surface area contributed by atoms with Gasteiger partial charge in [0.2, 0.25) is 5.43 Å². The smallest absolute Gasteiger partial charge is 0.200 e. The molecule has 2 aromatic carbocycles. The number of hydrogen-bond donors (Lipinski definition) is 0. The molecule has 0 atom stereocenters. The lowest BCUT2D eigenvalue weighted by Crippen LogP contribution is -2.05. The van der Waals surface area contributed by atoms with Gasteiger partial charge in [0.15, 0.2) is 0 Å². The molecule has 0 unspecified atom stereocenters. The first-order chi connectivity index (χ1) is 9.24. The van der Waals surface area contributed by atoms with Gasteiger partial charge in [-0.15, -0.1) is 0 Å². The molecule has 4 rings (SSSR count). The lowest BCUT2D eigenvalue weighted by atomic mass is 10.1. The molecule has 19 heavy (non-hydrogen) atoms. The molecular weight excluding hydrogens is 304 g/mol. The van der Waals surface area contributed by atoms with Gasteiger partial charge in [0.05, 0.1) is 10.9 Å². The van der Waals surface area contributed by atoms with Crippen molar-refractivity contribution in [2.45, 2.75) is 6.42 Å². The van der Waals surface area contributed by atoms with E-state index in [2.05, 4.69) is 15.9 Å². The number of hydrogen-bond acceptors (Lipinski definition) is 2. The van der Waals surface area contributed by atoms with Crippen LogP contribution in [0.15, 0.2) is 56.1 Å². The summed E-state index contributed by atoms with van der Waals surface area (Å²) in [5, 5.41) is 0.629. The van der Waals surface area contributed by atoms with Crippen LogP contribution in [-0.4, -0.2) is 0 Å². The van der Waals surface area contributed by atoms with Crippen LogP contribution in [-0.2, 0) is 6.42 Å². The van der Waals surface area contributed by atoms with Gasteiger partial charge in [0.1, 0.15) is 11.3 Å². The molecular formula is C16H9BrO2. The molecule has 0 amide bonds. The van der Waals surface area contributed by atoms with Gasteiger partial charge < -0.3 is 4.42 Å². The Morgan fingerprint density at radius 3 is 2.84 bits per heavy atom. The minimum atomic E-state index is 0.0579. The van der Waals surface area contributed by atoms with Crippen molar-refractivity contribution in [3.63, 3.8) is 0 Å². The highest BCUT2D eigenvalue weighted by Gasteiger charge is 2.24. The summed E-state index contributed by atoms with van der Waals surface area (Å²) in [5.74, 6) is 0.779. The van der Waals surface area contributed by atoms with Crippen molar-refractivity contribution in [3.05, 3.63) is 68.5 Å². The van der Waals surface area contributed by atoms with Gasteiger partial charge in [-0.05, 0) is 29.3 Å². The summed E-state index contributed by atoms with van der Waals surface area (Å²) in [6, 6.07) is 13.5. The second kappa shape index (κ2) is 3.81. The lowest BCUT2D eigenvalue weighted by Gasteiger charge is -2.03. The van der Waals surface area contributed by atoms with E-state index in [1.807, 2.05) is 42.5 Å². The number of fused-ring (bicyclic) bond motifs is 4. The largest absolute Gasteiger partial charge is 0.460 e. The summed E-state index contributed by atoms with van der Waals surface area (Å²) in [6.45, 7) is 0. The molecule has 2 nitrogen and oxygen atoms in total. The monoisotopic (exact) mass is 312 g/mol. The Kier molecular flexibility index (Phi) is 2.21. The molecule has 0 saturated carbocycles. The van der Waals surface area contributed by atoms with Crippen molar-refractivity contribution >= 4 is 26.9 Å². The standard InChI is InChI=1S/C16H9BrO2/c17-10-5-6-13-12(8-10)16(18)15-11-4-2-1-3-9(11)7-14(15)19-13/h1-6,8H,7H2. The minimum Gasteiger partial charge on any atom is -0.460 e. The Balaban J connectivity index is 2.16. The average molecular weight is 313 g/mol. The van der Waals surface area contributed by atoms with Crippen LogP contribution >= 0.6 is 15.9 Å². The Morgan fingerprint density at radius 1 is 1.11 bits per heavy atom. The van der Waals surface area contributed by atoms with Gasteiger partial charge in [-0.2, -0.15) is 0 Å². The van der Waals surface area contributed by atoms with E-state index >= 15 is 0 Å². The first kappa shape index (κ1) is 11.0. The lowest BCUT2D eigenvalue weighted by molar-refractivity contribution is 0.557. The van der Waals surface area contributed by atoms with Crippen LogP contribution in [0.25, 0.3) is 22.1 Å². The maximum Gasteiger partial charge on any atom is 0.200 e. The van der Waals surface area contributed by atoms with Gasteiger partial charge in [0, 0.05) is 10.9 Å². The van der Waals surface area contributed by atoms with Crippen molar-refractivity contribution in [1.29, 1.82) is 0 Å². The van der Waals surface area contributed by atoms with Crippen molar-refractivity contribution in [3.8, 4) is 11.1 Å². The molecule has 1 aliphatic rings. The van der Waals surface area contributed by atoms with E-state index in [0.717, 1.165) is 26.9 Å².